The van der Waals surface area contributed by atoms with Gasteiger partial charge in [-0.15, -0.1) is 0 Å². The smallest absolute Gasteiger partial charge is 0.0541 e. The van der Waals surface area contributed by atoms with Crippen LogP contribution in [0.15, 0.2) is 164 Å². The third-order valence-corrected chi connectivity index (χ3v) is 10.6. The predicted octanol–water partition coefficient (Wildman–Crippen LogP) is 13.3. The van der Waals surface area contributed by atoms with Crippen LogP contribution in [-0.2, 0) is 0 Å². The molecule has 1 heteroatoms. The first-order valence-electron chi connectivity index (χ1n) is 17.1. The molecule has 1 heterocycles. The minimum Gasteiger partial charge on any atom is -0.309 e. The molecule has 230 valence electrons. The number of aryl methyl sites for hydroxylation is 2. The molecule has 0 bridgehead atoms. The van der Waals surface area contributed by atoms with Crippen molar-refractivity contribution in [3.63, 3.8) is 0 Å². The maximum Gasteiger partial charge on any atom is 0.0541 e. The predicted molar refractivity (Wildman–Crippen MR) is 211 cm³/mol. The molecule has 0 aliphatic rings. The molecule has 9 aromatic carbocycles. The summed E-state index contributed by atoms with van der Waals surface area (Å²) >= 11 is 0. The molecule has 0 unspecified atom stereocenters. The molecule has 0 saturated heterocycles. The molecule has 10 rings (SSSR count). The van der Waals surface area contributed by atoms with Gasteiger partial charge in [-0.1, -0.05) is 133 Å². The third kappa shape index (κ3) is 4.06. The van der Waals surface area contributed by atoms with Crippen molar-refractivity contribution in [1.29, 1.82) is 0 Å². The largest absolute Gasteiger partial charge is 0.309 e. The van der Waals surface area contributed by atoms with Gasteiger partial charge in [0.15, 0.2) is 0 Å². The molecule has 0 aliphatic heterocycles. The molecule has 0 aliphatic carbocycles. The second-order valence-corrected chi connectivity index (χ2v) is 13.4. The highest BCUT2D eigenvalue weighted by atomic mass is 15.0. The van der Waals surface area contributed by atoms with Crippen molar-refractivity contribution in [3.8, 4) is 27.9 Å². The van der Waals surface area contributed by atoms with Crippen LogP contribution in [0.25, 0.3) is 92.8 Å². The molecule has 49 heavy (non-hydrogen) atoms. The van der Waals surface area contributed by atoms with E-state index in [-0.39, 0.29) is 0 Å². The molecule has 0 atom stereocenters. The Bertz CT molecular complexity index is 2850. The van der Waals surface area contributed by atoms with E-state index >= 15 is 0 Å². The molecule has 0 fully saturated rings. The number of benzene rings is 9. The Kier molecular flexibility index (Phi) is 6.07. The zero-order chi connectivity index (χ0) is 32.6. The molecule has 10 aromatic rings. The van der Waals surface area contributed by atoms with Gasteiger partial charge < -0.3 is 4.57 Å². The third-order valence-electron chi connectivity index (χ3n) is 10.6. The van der Waals surface area contributed by atoms with Crippen LogP contribution in [0.4, 0.5) is 0 Å². The summed E-state index contributed by atoms with van der Waals surface area (Å²) in [7, 11) is 0. The first kappa shape index (κ1) is 27.9. The van der Waals surface area contributed by atoms with E-state index in [0.29, 0.717) is 0 Å². The molecule has 0 saturated carbocycles. The summed E-state index contributed by atoms with van der Waals surface area (Å²) in [5, 5.41) is 12.9. The lowest BCUT2D eigenvalue weighted by Crippen LogP contribution is -1.96. The number of aromatic nitrogens is 1. The zero-order valence-corrected chi connectivity index (χ0v) is 27.5. The molecule has 0 radical (unpaired) electrons. The lowest BCUT2D eigenvalue weighted by Gasteiger charge is -2.21. The first-order valence-corrected chi connectivity index (χ1v) is 17.1. The van der Waals surface area contributed by atoms with E-state index in [1.54, 1.807) is 0 Å². The Morgan fingerprint density at radius 1 is 0.367 bits per heavy atom. The Labute approximate surface area is 285 Å². The maximum atomic E-state index is 2.43. The number of hydrogen-bond acceptors (Lipinski definition) is 0. The van der Waals surface area contributed by atoms with Gasteiger partial charge in [0.1, 0.15) is 0 Å². The van der Waals surface area contributed by atoms with Gasteiger partial charge in [-0.05, 0) is 121 Å². The Balaban J connectivity index is 1.30. The molecular weight excluding hydrogens is 591 g/mol. The molecule has 0 N–H and O–H groups in total. The Morgan fingerprint density at radius 3 is 1.49 bits per heavy atom. The van der Waals surface area contributed by atoms with Gasteiger partial charge in [0, 0.05) is 16.5 Å². The van der Waals surface area contributed by atoms with Crippen molar-refractivity contribution < 1.29 is 0 Å². The summed E-state index contributed by atoms with van der Waals surface area (Å²) in [6, 6.07) is 60.5. The van der Waals surface area contributed by atoms with E-state index in [2.05, 4.69) is 182 Å². The van der Waals surface area contributed by atoms with E-state index in [1.165, 1.54) is 104 Å². The van der Waals surface area contributed by atoms with Crippen molar-refractivity contribution in [1.82, 2.24) is 4.57 Å². The van der Waals surface area contributed by atoms with E-state index in [0.717, 1.165) is 0 Å². The summed E-state index contributed by atoms with van der Waals surface area (Å²) in [5.74, 6) is 0. The molecule has 1 aromatic heterocycles. The van der Waals surface area contributed by atoms with Gasteiger partial charge in [-0.25, -0.2) is 0 Å². The number of fused-ring (bicyclic) bond motifs is 8. The van der Waals surface area contributed by atoms with Gasteiger partial charge >= 0.3 is 0 Å². The fourth-order valence-electron chi connectivity index (χ4n) is 8.55. The minimum atomic E-state index is 1.17. The average Bonchev–Trinajstić information content (AvgIpc) is 3.48. The van der Waals surface area contributed by atoms with E-state index in [4.69, 9.17) is 0 Å². The maximum absolute atomic E-state index is 2.43. The fourth-order valence-corrected chi connectivity index (χ4v) is 8.55. The highest BCUT2D eigenvalue weighted by Crippen LogP contribution is 2.47. The van der Waals surface area contributed by atoms with Crippen molar-refractivity contribution in [3.05, 3.63) is 175 Å². The second kappa shape index (κ2) is 10.7. The summed E-state index contributed by atoms with van der Waals surface area (Å²) in [6.07, 6.45) is 0. The van der Waals surface area contributed by atoms with Crippen molar-refractivity contribution in [2.24, 2.45) is 0 Å². The Morgan fingerprint density at radius 2 is 0.857 bits per heavy atom. The normalized spacial score (nSPS) is 11.9. The summed E-state index contributed by atoms with van der Waals surface area (Å²) in [5.41, 5.74) is 11.3. The van der Waals surface area contributed by atoms with Crippen LogP contribution in [0.3, 0.4) is 0 Å². The molecule has 0 amide bonds. The fraction of sp³-hybridized carbons (Fsp3) is 0.0417. The van der Waals surface area contributed by atoms with Crippen LogP contribution < -0.4 is 0 Å². The van der Waals surface area contributed by atoms with Gasteiger partial charge in [-0.3, -0.25) is 0 Å². The van der Waals surface area contributed by atoms with E-state index in [9.17, 15) is 0 Å². The lowest BCUT2D eigenvalue weighted by molar-refractivity contribution is 1.18. The van der Waals surface area contributed by atoms with Crippen LogP contribution in [0, 0.1) is 13.8 Å². The van der Waals surface area contributed by atoms with Crippen LogP contribution in [-0.4, -0.2) is 4.57 Å². The van der Waals surface area contributed by atoms with Gasteiger partial charge in [0.05, 0.1) is 11.0 Å². The van der Waals surface area contributed by atoms with Crippen molar-refractivity contribution >= 4 is 64.9 Å². The average molecular weight is 624 g/mol. The summed E-state index contributed by atoms with van der Waals surface area (Å²) < 4.78 is 2.42. The van der Waals surface area contributed by atoms with Crippen LogP contribution in [0.5, 0.6) is 0 Å². The summed E-state index contributed by atoms with van der Waals surface area (Å²) in [6.45, 7) is 4.49. The number of rotatable bonds is 3. The second-order valence-electron chi connectivity index (χ2n) is 13.4. The monoisotopic (exact) mass is 623 g/mol. The first-order chi connectivity index (χ1) is 24.2. The van der Waals surface area contributed by atoms with Crippen LogP contribution in [0.2, 0.25) is 0 Å². The Hall–Kier alpha value is -6.18. The highest BCUT2D eigenvalue weighted by Gasteiger charge is 2.20. The number of para-hydroxylation sites is 2. The standard InChI is InChI=1S/C48H33N/c1-30-14-11-16-33-29-42(41-25-12-15-31(2)46(41)45(30)33)48-39-23-5-3-21-37(39)47(38-22-4-6-24-40(38)48)32-17-13-18-34(28-32)49-43-26-9-7-19-35(43)36-20-8-10-27-44(36)49/h3-29H,1-2H3. The summed E-state index contributed by atoms with van der Waals surface area (Å²) in [4.78, 5) is 0. The molecule has 0 spiro atoms. The number of hydrogen-bond donors (Lipinski definition) is 0. The zero-order valence-electron chi connectivity index (χ0n) is 27.5. The van der Waals surface area contributed by atoms with Gasteiger partial charge in [0.2, 0.25) is 0 Å². The number of nitrogens with zero attached hydrogens (tertiary/aromatic N) is 1. The van der Waals surface area contributed by atoms with Gasteiger partial charge in [0.25, 0.3) is 0 Å². The highest BCUT2D eigenvalue weighted by molar-refractivity contribution is 6.26. The molecular formula is C48H33N. The quantitative estimate of drug-likeness (QED) is 0.136. The van der Waals surface area contributed by atoms with Crippen LogP contribution >= 0.6 is 0 Å². The SMILES string of the molecule is Cc1cccc2cc(-c3c4ccccc4c(-c4cccc(-n5c6ccccc6c6ccccc65)c4)c4ccccc34)c3cccc(C)c3c12. The topological polar surface area (TPSA) is 4.93 Å². The van der Waals surface area contributed by atoms with Crippen LogP contribution in [0.1, 0.15) is 11.1 Å². The van der Waals surface area contributed by atoms with E-state index < -0.39 is 0 Å². The van der Waals surface area contributed by atoms with Crippen molar-refractivity contribution in [2.45, 2.75) is 13.8 Å². The van der Waals surface area contributed by atoms with Gasteiger partial charge in [-0.2, -0.15) is 0 Å². The van der Waals surface area contributed by atoms with Crippen molar-refractivity contribution in [2.75, 3.05) is 0 Å². The van der Waals surface area contributed by atoms with E-state index in [1.807, 2.05) is 0 Å². The molecule has 1 nitrogen and oxygen atoms in total. The minimum absolute atomic E-state index is 1.17. The lowest BCUT2D eigenvalue weighted by atomic mass is 9.83.